The average Bonchev–Trinajstić information content (AvgIpc) is 2.69. The fourth-order valence-corrected chi connectivity index (χ4v) is 4.17. The highest BCUT2D eigenvalue weighted by Crippen LogP contribution is 2.40. The molecule has 10 heteroatoms. The molecular weight excluding hydrogens is 431 g/mol. The van der Waals surface area contributed by atoms with E-state index < -0.39 is 34.7 Å². The van der Waals surface area contributed by atoms with Gasteiger partial charge in [-0.1, -0.05) is 18.2 Å². The second kappa shape index (κ2) is 9.01. The van der Waals surface area contributed by atoms with E-state index in [1.807, 2.05) is 32.0 Å². The number of hydrogen-bond acceptors (Lipinski definition) is 4. The predicted molar refractivity (Wildman–Crippen MR) is 112 cm³/mol. The lowest BCUT2D eigenvalue weighted by Crippen LogP contribution is -2.38. The van der Waals surface area contributed by atoms with Crippen molar-refractivity contribution in [3.8, 4) is 0 Å². The fraction of sp³-hybridized carbons (Fsp3) is 0.286. The van der Waals surface area contributed by atoms with Gasteiger partial charge >= 0.3 is 6.18 Å². The van der Waals surface area contributed by atoms with Gasteiger partial charge in [-0.15, -0.1) is 11.8 Å². The van der Waals surface area contributed by atoms with Crippen molar-refractivity contribution in [1.82, 2.24) is 5.32 Å². The van der Waals surface area contributed by atoms with Gasteiger partial charge in [-0.25, -0.2) is 0 Å². The Morgan fingerprint density at radius 3 is 2.42 bits per heavy atom. The van der Waals surface area contributed by atoms with E-state index in [2.05, 4.69) is 16.0 Å². The highest BCUT2D eigenvalue weighted by Gasteiger charge is 2.34. The molecule has 0 saturated heterocycles. The number of amides is 3. The van der Waals surface area contributed by atoms with Gasteiger partial charge in [0.05, 0.1) is 23.0 Å². The van der Waals surface area contributed by atoms with Gasteiger partial charge in [0.2, 0.25) is 17.7 Å². The molecule has 0 spiro atoms. The quantitative estimate of drug-likeness (QED) is 0.644. The molecule has 0 bridgehead atoms. The van der Waals surface area contributed by atoms with Crippen LogP contribution in [0.5, 0.6) is 0 Å². The Morgan fingerprint density at radius 1 is 1.10 bits per heavy atom. The summed E-state index contributed by atoms with van der Waals surface area (Å²) in [5.41, 5.74) is 1.66. The Hall–Kier alpha value is -3.01. The van der Waals surface area contributed by atoms with Gasteiger partial charge in [0.25, 0.3) is 0 Å². The fourth-order valence-electron chi connectivity index (χ4n) is 3.08. The Morgan fingerprint density at radius 2 is 1.77 bits per heavy atom. The van der Waals surface area contributed by atoms with Gasteiger partial charge in [-0.3, -0.25) is 14.4 Å². The first-order valence-electron chi connectivity index (χ1n) is 9.36. The molecule has 1 heterocycles. The smallest absolute Gasteiger partial charge is 0.347 e. The largest absolute Gasteiger partial charge is 0.416 e. The number of carbonyl (C=O) groups is 3. The molecule has 31 heavy (non-hydrogen) atoms. The highest BCUT2D eigenvalue weighted by molar-refractivity contribution is 8.01. The highest BCUT2D eigenvalue weighted by atomic mass is 32.2. The molecule has 0 aliphatic carbocycles. The van der Waals surface area contributed by atoms with E-state index in [1.54, 1.807) is 0 Å². The van der Waals surface area contributed by atoms with Crippen molar-refractivity contribution >= 4 is 40.9 Å². The van der Waals surface area contributed by atoms with Gasteiger partial charge in [0.1, 0.15) is 0 Å². The Kier molecular flexibility index (Phi) is 6.59. The van der Waals surface area contributed by atoms with E-state index in [1.165, 1.54) is 6.07 Å². The lowest BCUT2D eigenvalue weighted by Gasteiger charge is -2.24. The molecule has 2 aromatic rings. The first-order chi connectivity index (χ1) is 14.5. The summed E-state index contributed by atoms with van der Waals surface area (Å²) >= 11 is 1.01. The molecule has 1 aliphatic rings. The van der Waals surface area contributed by atoms with Crippen molar-refractivity contribution in [2.24, 2.45) is 0 Å². The average molecular weight is 451 g/mol. The van der Waals surface area contributed by atoms with Crippen LogP contribution in [0.2, 0.25) is 0 Å². The van der Waals surface area contributed by atoms with Crippen molar-refractivity contribution in [3.05, 3.63) is 53.1 Å². The van der Waals surface area contributed by atoms with Crippen LogP contribution in [0.25, 0.3) is 0 Å². The van der Waals surface area contributed by atoms with Crippen LogP contribution in [0.4, 0.5) is 24.5 Å². The second-order valence-electron chi connectivity index (χ2n) is 7.10. The van der Waals surface area contributed by atoms with Crippen LogP contribution in [0.3, 0.4) is 0 Å². The van der Waals surface area contributed by atoms with Crippen molar-refractivity contribution in [3.63, 3.8) is 0 Å². The van der Waals surface area contributed by atoms with Gasteiger partial charge in [-0.05, 0) is 43.2 Å². The first kappa shape index (κ1) is 22.7. The number of para-hydroxylation sites is 1. The standard InChI is InChI=1S/C21H20F3N3O3S/c1-11-4-3-5-12(2)19(11)27-18(29)10-25-17(28)9-16-20(30)26-14-8-13(21(22,23)24)6-7-15(14)31-16/h3-8,16H,9-10H2,1-2H3,(H,25,28)(H,26,30)(H,27,29)/t16-/m0/s1. The summed E-state index contributed by atoms with van der Waals surface area (Å²) in [6.07, 6.45) is -4.73. The number of halogens is 3. The third-order valence-electron chi connectivity index (χ3n) is 4.69. The molecule has 164 valence electrons. The lowest BCUT2D eigenvalue weighted by atomic mass is 10.1. The Bertz CT molecular complexity index is 1020. The molecule has 0 radical (unpaired) electrons. The predicted octanol–water partition coefficient (Wildman–Crippen LogP) is 3.88. The van der Waals surface area contributed by atoms with Crippen molar-refractivity contribution in [2.45, 2.75) is 36.6 Å². The van der Waals surface area contributed by atoms with E-state index in [0.29, 0.717) is 10.6 Å². The summed E-state index contributed by atoms with van der Waals surface area (Å²) in [4.78, 5) is 37.0. The van der Waals surface area contributed by atoms with Crippen LogP contribution >= 0.6 is 11.8 Å². The molecule has 0 aromatic heterocycles. The van der Waals surface area contributed by atoms with Crippen molar-refractivity contribution in [2.75, 3.05) is 17.2 Å². The molecular formula is C21H20F3N3O3S. The third-order valence-corrected chi connectivity index (χ3v) is 5.96. The van der Waals surface area contributed by atoms with Gasteiger partial charge in [0.15, 0.2) is 0 Å². The van der Waals surface area contributed by atoms with E-state index in [-0.39, 0.29) is 18.7 Å². The minimum absolute atomic E-state index is 0.0643. The van der Waals surface area contributed by atoms with Crippen LogP contribution in [0, 0.1) is 13.8 Å². The van der Waals surface area contributed by atoms with Crippen molar-refractivity contribution in [1.29, 1.82) is 0 Å². The minimum atomic E-state index is -4.52. The monoisotopic (exact) mass is 451 g/mol. The van der Waals surface area contributed by atoms with E-state index in [9.17, 15) is 27.6 Å². The maximum absolute atomic E-state index is 12.8. The van der Waals surface area contributed by atoms with Gasteiger partial charge < -0.3 is 16.0 Å². The summed E-state index contributed by atoms with van der Waals surface area (Å²) < 4.78 is 38.5. The van der Waals surface area contributed by atoms with Crippen LogP contribution < -0.4 is 16.0 Å². The summed E-state index contributed by atoms with van der Waals surface area (Å²) in [6, 6.07) is 8.65. The number of carbonyl (C=O) groups excluding carboxylic acids is 3. The molecule has 2 aromatic carbocycles. The summed E-state index contributed by atoms with van der Waals surface area (Å²) in [6.45, 7) is 3.45. The number of fused-ring (bicyclic) bond motifs is 1. The summed E-state index contributed by atoms with van der Waals surface area (Å²) in [5, 5.41) is 6.82. The molecule has 0 unspecified atom stereocenters. The van der Waals surface area contributed by atoms with E-state index >= 15 is 0 Å². The Labute approximate surface area is 181 Å². The molecule has 1 aliphatic heterocycles. The molecule has 3 rings (SSSR count). The third kappa shape index (κ3) is 5.57. The number of thioether (sulfide) groups is 1. The number of rotatable bonds is 5. The number of anilines is 2. The topological polar surface area (TPSA) is 87.3 Å². The molecule has 3 N–H and O–H groups in total. The lowest BCUT2D eigenvalue weighted by molar-refractivity contribution is -0.137. The zero-order chi connectivity index (χ0) is 22.8. The molecule has 1 atom stereocenters. The molecule has 6 nitrogen and oxygen atoms in total. The number of benzene rings is 2. The molecule has 0 saturated carbocycles. The number of alkyl halides is 3. The minimum Gasteiger partial charge on any atom is -0.347 e. The Balaban J connectivity index is 1.55. The molecule has 0 fully saturated rings. The van der Waals surface area contributed by atoms with E-state index in [0.717, 1.165) is 35.0 Å². The zero-order valence-electron chi connectivity index (χ0n) is 16.7. The van der Waals surface area contributed by atoms with E-state index in [4.69, 9.17) is 0 Å². The van der Waals surface area contributed by atoms with Gasteiger partial charge in [-0.2, -0.15) is 13.2 Å². The number of aryl methyl sites for hydroxylation is 2. The van der Waals surface area contributed by atoms with Crippen LogP contribution in [0.15, 0.2) is 41.3 Å². The van der Waals surface area contributed by atoms with Crippen LogP contribution in [0.1, 0.15) is 23.1 Å². The maximum atomic E-state index is 12.8. The van der Waals surface area contributed by atoms with Crippen molar-refractivity contribution < 1.29 is 27.6 Å². The summed E-state index contributed by atoms with van der Waals surface area (Å²) in [5.74, 6) is -1.48. The normalized spacial score (nSPS) is 15.6. The first-order valence-corrected chi connectivity index (χ1v) is 10.2. The SMILES string of the molecule is Cc1cccc(C)c1NC(=O)CNC(=O)C[C@@H]1Sc2ccc(C(F)(F)F)cc2NC1=O. The second-order valence-corrected chi connectivity index (χ2v) is 8.34. The van der Waals surface area contributed by atoms with Crippen LogP contribution in [-0.4, -0.2) is 29.5 Å². The summed E-state index contributed by atoms with van der Waals surface area (Å²) in [7, 11) is 0. The zero-order valence-corrected chi connectivity index (χ0v) is 17.5. The number of hydrogen-bond donors (Lipinski definition) is 3. The number of nitrogens with one attached hydrogen (secondary N) is 3. The van der Waals surface area contributed by atoms with Crippen LogP contribution in [-0.2, 0) is 20.6 Å². The molecule has 3 amide bonds. The maximum Gasteiger partial charge on any atom is 0.416 e. The van der Waals surface area contributed by atoms with Gasteiger partial charge in [0, 0.05) is 17.0 Å².